The minimum atomic E-state index is 0.351. The van der Waals surface area contributed by atoms with Gasteiger partial charge in [0.15, 0.2) is 11.5 Å². The minimum Gasteiger partial charge on any atom is -0.454 e. The normalized spacial score (nSPS) is 18.7. The highest BCUT2D eigenvalue weighted by Crippen LogP contribution is 2.32. The zero-order valence-electron chi connectivity index (χ0n) is 14.5. The zero-order chi connectivity index (χ0) is 16.1. The van der Waals surface area contributed by atoms with E-state index < -0.39 is 0 Å². The Morgan fingerprint density at radius 3 is 2.39 bits per heavy atom. The van der Waals surface area contributed by atoms with Gasteiger partial charge in [0.25, 0.3) is 0 Å². The first-order chi connectivity index (χ1) is 11.3. The van der Waals surface area contributed by atoms with Crippen molar-refractivity contribution in [3.8, 4) is 11.5 Å². The van der Waals surface area contributed by atoms with Gasteiger partial charge in [-0.05, 0) is 30.8 Å². The van der Waals surface area contributed by atoms with Crippen LogP contribution in [0.2, 0.25) is 0 Å². The summed E-state index contributed by atoms with van der Waals surface area (Å²) in [6.07, 6.45) is 0. The summed E-state index contributed by atoms with van der Waals surface area (Å²) in [5.74, 6) is 1.76. The molecule has 2 aliphatic heterocycles. The fourth-order valence-electron chi connectivity index (χ4n) is 3.29. The van der Waals surface area contributed by atoms with Crippen LogP contribution in [0, 0.1) is 0 Å². The summed E-state index contributed by atoms with van der Waals surface area (Å²) < 4.78 is 10.8. The van der Waals surface area contributed by atoms with Crippen molar-refractivity contribution in [1.29, 1.82) is 0 Å². The third-order valence-corrected chi connectivity index (χ3v) is 4.93. The number of fused-ring (bicyclic) bond motifs is 1. The van der Waals surface area contributed by atoms with Crippen LogP contribution in [0.3, 0.4) is 0 Å². The zero-order valence-corrected chi connectivity index (χ0v) is 14.5. The molecule has 0 aromatic heterocycles. The molecule has 0 unspecified atom stereocenters. The molecule has 5 heteroatoms. The molecule has 3 rings (SSSR count). The lowest BCUT2D eigenvalue weighted by Gasteiger charge is -2.35. The Hall–Kier alpha value is -1.30. The van der Waals surface area contributed by atoms with Gasteiger partial charge in [0.05, 0.1) is 0 Å². The summed E-state index contributed by atoms with van der Waals surface area (Å²) in [7, 11) is 0. The molecule has 2 aliphatic rings. The Labute approximate surface area is 139 Å². The van der Waals surface area contributed by atoms with Crippen molar-refractivity contribution in [2.45, 2.75) is 20.4 Å². The minimum absolute atomic E-state index is 0.351. The summed E-state index contributed by atoms with van der Waals surface area (Å²) in [4.78, 5) is 7.62. The summed E-state index contributed by atoms with van der Waals surface area (Å²) >= 11 is 0. The quantitative estimate of drug-likeness (QED) is 0.765. The number of ether oxygens (including phenoxy) is 2. The van der Waals surface area contributed by atoms with Gasteiger partial charge in [0.1, 0.15) is 0 Å². The molecule has 0 aliphatic carbocycles. The Morgan fingerprint density at radius 1 is 0.957 bits per heavy atom. The van der Waals surface area contributed by atoms with E-state index in [0.717, 1.165) is 44.2 Å². The summed E-state index contributed by atoms with van der Waals surface area (Å²) in [5, 5.41) is 0. The maximum absolute atomic E-state index is 5.47. The highest BCUT2D eigenvalue weighted by Gasteiger charge is 2.19. The molecule has 0 amide bonds. The Kier molecular flexibility index (Phi) is 5.75. The second-order valence-corrected chi connectivity index (χ2v) is 6.33. The molecule has 0 atom stereocenters. The first-order valence-electron chi connectivity index (χ1n) is 8.84. The predicted octanol–water partition coefficient (Wildman–Crippen LogP) is 1.87. The van der Waals surface area contributed by atoms with E-state index in [1.54, 1.807) is 0 Å². The lowest BCUT2D eigenvalue weighted by molar-refractivity contribution is 0.115. The van der Waals surface area contributed by atoms with Gasteiger partial charge >= 0.3 is 0 Å². The molecular formula is C18H29N3O2. The lowest BCUT2D eigenvalue weighted by Crippen LogP contribution is -2.48. The van der Waals surface area contributed by atoms with Crippen molar-refractivity contribution in [2.24, 2.45) is 0 Å². The topological polar surface area (TPSA) is 28.2 Å². The smallest absolute Gasteiger partial charge is 0.231 e. The number of hydrogen-bond acceptors (Lipinski definition) is 5. The fourth-order valence-corrected chi connectivity index (χ4v) is 3.29. The molecule has 1 saturated heterocycles. The Balaban J connectivity index is 1.42. The van der Waals surface area contributed by atoms with Crippen molar-refractivity contribution >= 4 is 0 Å². The van der Waals surface area contributed by atoms with Crippen LogP contribution in [0.4, 0.5) is 0 Å². The first kappa shape index (κ1) is 16.6. The van der Waals surface area contributed by atoms with Gasteiger partial charge in [-0.3, -0.25) is 9.80 Å². The summed E-state index contributed by atoms with van der Waals surface area (Å²) in [5.41, 5.74) is 1.31. The standard InChI is InChI=1S/C18H29N3O2/c1-3-19(4-2)7-8-20-9-11-21(12-10-20)14-16-5-6-17-18(13-16)23-15-22-17/h5-6,13H,3-4,7-12,14-15H2,1-2H3. The van der Waals surface area contributed by atoms with Crippen molar-refractivity contribution in [2.75, 3.05) is 59.2 Å². The lowest BCUT2D eigenvalue weighted by atomic mass is 10.1. The molecule has 1 aromatic carbocycles. The van der Waals surface area contributed by atoms with E-state index in [0.29, 0.717) is 6.79 Å². The Morgan fingerprint density at radius 2 is 1.65 bits per heavy atom. The van der Waals surface area contributed by atoms with E-state index in [1.165, 1.54) is 31.7 Å². The largest absolute Gasteiger partial charge is 0.454 e. The van der Waals surface area contributed by atoms with E-state index in [1.807, 2.05) is 6.07 Å². The molecule has 128 valence electrons. The maximum Gasteiger partial charge on any atom is 0.231 e. The van der Waals surface area contributed by atoms with E-state index >= 15 is 0 Å². The second kappa shape index (κ2) is 7.99. The van der Waals surface area contributed by atoms with Gasteiger partial charge in [-0.1, -0.05) is 19.9 Å². The molecular weight excluding hydrogens is 290 g/mol. The molecule has 2 heterocycles. The molecule has 1 fully saturated rings. The van der Waals surface area contributed by atoms with Gasteiger partial charge in [0, 0.05) is 45.8 Å². The van der Waals surface area contributed by atoms with Crippen molar-refractivity contribution in [3.05, 3.63) is 23.8 Å². The van der Waals surface area contributed by atoms with Crippen LogP contribution in [0.25, 0.3) is 0 Å². The number of piperazine rings is 1. The number of rotatable bonds is 7. The SMILES string of the molecule is CCN(CC)CCN1CCN(Cc2ccc3c(c2)OCO3)CC1. The van der Waals surface area contributed by atoms with Crippen LogP contribution in [0.15, 0.2) is 18.2 Å². The molecule has 5 nitrogen and oxygen atoms in total. The number of benzene rings is 1. The van der Waals surface area contributed by atoms with Crippen LogP contribution in [0.5, 0.6) is 11.5 Å². The van der Waals surface area contributed by atoms with Crippen LogP contribution in [-0.2, 0) is 6.54 Å². The van der Waals surface area contributed by atoms with E-state index in [2.05, 4.69) is 40.7 Å². The van der Waals surface area contributed by atoms with E-state index in [9.17, 15) is 0 Å². The van der Waals surface area contributed by atoms with Crippen molar-refractivity contribution < 1.29 is 9.47 Å². The van der Waals surface area contributed by atoms with Gasteiger partial charge in [-0.2, -0.15) is 0 Å². The molecule has 0 N–H and O–H groups in total. The highest BCUT2D eigenvalue weighted by atomic mass is 16.7. The number of likely N-dealkylation sites (N-methyl/N-ethyl adjacent to an activating group) is 1. The molecule has 0 radical (unpaired) electrons. The molecule has 1 aromatic rings. The third kappa shape index (κ3) is 4.37. The maximum atomic E-state index is 5.47. The van der Waals surface area contributed by atoms with E-state index in [-0.39, 0.29) is 0 Å². The highest BCUT2D eigenvalue weighted by molar-refractivity contribution is 5.44. The molecule has 0 saturated carbocycles. The average molecular weight is 319 g/mol. The number of nitrogens with zero attached hydrogens (tertiary/aromatic N) is 3. The Bertz CT molecular complexity index is 497. The van der Waals surface area contributed by atoms with Crippen molar-refractivity contribution in [1.82, 2.24) is 14.7 Å². The van der Waals surface area contributed by atoms with Crippen LogP contribution in [0.1, 0.15) is 19.4 Å². The monoisotopic (exact) mass is 319 g/mol. The predicted molar refractivity (Wildman–Crippen MR) is 92.1 cm³/mol. The van der Waals surface area contributed by atoms with Crippen molar-refractivity contribution in [3.63, 3.8) is 0 Å². The van der Waals surface area contributed by atoms with Gasteiger partial charge < -0.3 is 14.4 Å². The van der Waals surface area contributed by atoms with Crippen LogP contribution < -0.4 is 9.47 Å². The summed E-state index contributed by atoms with van der Waals surface area (Å²) in [6.45, 7) is 15.2. The van der Waals surface area contributed by atoms with Gasteiger partial charge in [-0.15, -0.1) is 0 Å². The third-order valence-electron chi connectivity index (χ3n) is 4.93. The van der Waals surface area contributed by atoms with Gasteiger partial charge in [0.2, 0.25) is 6.79 Å². The molecule has 0 bridgehead atoms. The molecule has 23 heavy (non-hydrogen) atoms. The number of hydrogen-bond donors (Lipinski definition) is 0. The van der Waals surface area contributed by atoms with Crippen LogP contribution in [-0.4, -0.2) is 73.9 Å². The van der Waals surface area contributed by atoms with E-state index in [4.69, 9.17) is 9.47 Å². The van der Waals surface area contributed by atoms with Crippen LogP contribution >= 0.6 is 0 Å². The molecule has 0 spiro atoms. The second-order valence-electron chi connectivity index (χ2n) is 6.33. The fraction of sp³-hybridized carbons (Fsp3) is 0.667. The average Bonchev–Trinajstić information content (AvgIpc) is 3.05. The van der Waals surface area contributed by atoms with Gasteiger partial charge in [-0.25, -0.2) is 0 Å². The summed E-state index contributed by atoms with van der Waals surface area (Å²) in [6, 6.07) is 6.30. The first-order valence-corrected chi connectivity index (χ1v) is 8.84.